The van der Waals surface area contributed by atoms with Crippen molar-refractivity contribution < 1.29 is 9.53 Å². The molecule has 4 rings (SSSR count). The van der Waals surface area contributed by atoms with Crippen molar-refractivity contribution in [2.45, 2.75) is 18.8 Å². The van der Waals surface area contributed by atoms with Crippen LogP contribution in [0.3, 0.4) is 0 Å². The van der Waals surface area contributed by atoms with Crippen LogP contribution in [0.2, 0.25) is 0 Å². The van der Waals surface area contributed by atoms with Crippen molar-refractivity contribution in [1.82, 2.24) is 15.1 Å². The molecule has 0 radical (unpaired) electrons. The second-order valence-corrected chi connectivity index (χ2v) is 7.68. The van der Waals surface area contributed by atoms with E-state index in [1.165, 1.54) is 5.56 Å². The highest BCUT2D eigenvalue weighted by Gasteiger charge is 2.35. The summed E-state index contributed by atoms with van der Waals surface area (Å²) >= 11 is 0. The number of carbonyl (C=O) groups excluding carboxylic acids is 1. The fraction of sp³-hybridized carbons (Fsp3) is 0.429. The van der Waals surface area contributed by atoms with E-state index in [1.807, 2.05) is 11.0 Å². The third-order valence-electron chi connectivity index (χ3n) is 5.57. The highest BCUT2D eigenvalue weighted by Crippen LogP contribution is 2.31. The Bertz CT molecular complexity index is 877. The molecule has 1 aromatic carbocycles. The molecule has 3 heterocycles. The van der Waals surface area contributed by atoms with Gasteiger partial charge in [0.25, 0.3) is 0 Å². The molecular weight excluding hydrogens is 354 g/mol. The summed E-state index contributed by atoms with van der Waals surface area (Å²) in [4.78, 5) is 16.7. The smallest absolute Gasteiger partial charge is 0.227 e. The zero-order valence-electron chi connectivity index (χ0n) is 16.0. The Labute approximate surface area is 164 Å². The van der Waals surface area contributed by atoms with Crippen LogP contribution in [0.25, 0.3) is 0 Å². The van der Waals surface area contributed by atoms with Crippen molar-refractivity contribution in [2.75, 3.05) is 44.3 Å². The van der Waals surface area contributed by atoms with Crippen molar-refractivity contribution in [3.05, 3.63) is 53.2 Å². The number of hydrogen-bond acceptors (Lipinski definition) is 6. The maximum Gasteiger partial charge on any atom is 0.227 e. The number of anilines is 1. The van der Waals surface area contributed by atoms with E-state index in [1.54, 1.807) is 12.1 Å². The van der Waals surface area contributed by atoms with Gasteiger partial charge in [0, 0.05) is 31.6 Å². The lowest BCUT2D eigenvalue weighted by atomic mass is 9.80. The molecule has 2 saturated heterocycles. The molecule has 0 unspecified atom stereocenters. The number of hydrogen-bond donors (Lipinski definition) is 0. The van der Waals surface area contributed by atoms with Crippen molar-refractivity contribution >= 4 is 11.7 Å². The molecular formula is C21H23N5O2. The number of ether oxygens (including phenoxy) is 1. The first kappa shape index (κ1) is 18.4. The Morgan fingerprint density at radius 2 is 1.82 bits per heavy atom. The molecule has 7 nitrogen and oxygen atoms in total. The van der Waals surface area contributed by atoms with Gasteiger partial charge in [0.2, 0.25) is 5.91 Å². The zero-order valence-corrected chi connectivity index (χ0v) is 16.0. The quantitative estimate of drug-likeness (QED) is 0.804. The van der Waals surface area contributed by atoms with Gasteiger partial charge in [-0.1, -0.05) is 31.2 Å². The van der Waals surface area contributed by atoms with Gasteiger partial charge >= 0.3 is 0 Å². The van der Waals surface area contributed by atoms with Gasteiger partial charge in [-0.2, -0.15) is 5.26 Å². The number of aromatic nitrogens is 2. The molecule has 2 aliphatic rings. The van der Waals surface area contributed by atoms with E-state index in [4.69, 9.17) is 10.00 Å². The number of nitrogens with zero attached hydrogens (tertiary/aromatic N) is 5. The standard InChI is InChI=1S/C21H23N5O2/c1-21(14-28-15-21)17-4-2-16(3-5-17)12-20(27)26-10-8-25(9-11-26)19-7-6-18(13-22)23-24-19/h2-7H,8-12,14-15H2,1H3. The van der Waals surface area contributed by atoms with E-state index in [9.17, 15) is 4.79 Å². The van der Waals surface area contributed by atoms with Crippen molar-refractivity contribution in [3.63, 3.8) is 0 Å². The normalized spacial score (nSPS) is 18.3. The predicted octanol–water partition coefficient (Wildman–Crippen LogP) is 1.53. The van der Waals surface area contributed by atoms with Crippen molar-refractivity contribution in [3.8, 4) is 6.07 Å². The molecule has 1 amide bonds. The fourth-order valence-electron chi connectivity index (χ4n) is 3.62. The number of carbonyl (C=O) groups is 1. The van der Waals surface area contributed by atoms with Crippen LogP contribution in [0.1, 0.15) is 23.7 Å². The maximum atomic E-state index is 12.7. The Hall–Kier alpha value is -2.98. The van der Waals surface area contributed by atoms with E-state index in [0.29, 0.717) is 38.3 Å². The van der Waals surface area contributed by atoms with Crippen LogP contribution in [-0.2, 0) is 21.4 Å². The van der Waals surface area contributed by atoms with Gasteiger partial charge in [-0.25, -0.2) is 0 Å². The minimum atomic E-state index is 0.118. The highest BCUT2D eigenvalue weighted by molar-refractivity contribution is 5.79. The number of benzene rings is 1. The van der Waals surface area contributed by atoms with E-state index < -0.39 is 0 Å². The topological polar surface area (TPSA) is 82.4 Å². The summed E-state index contributed by atoms with van der Waals surface area (Å²) in [5.74, 6) is 0.895. The van der Waals surface area contributed by atoms with Crippen LogP contribution in [0.15, 0.2) is 36.4 Å². The maximum absolute atomic E-state index is 12.7. The molecule has 0 N–H and O–H groups in total. The average Bonchev–Trinajstić information content (AvgIpc) is 2.73. The highest BCUT2D eigenvalue weighted by atomic mass is 16.5. The Balaban J connectivity index is 1.30. The first-order valence-corrected chi connectivity index (χ1v) is 9.51. The molecule has 0 spiro atoms. The summed E-state index contributed by atoms with van der Waals surface area (Å²) in [5, 5.41) is 16.8. The second-order valence-electron chi connectivity index (χ2n) is 7.68. The van der Waals surface area contributed by atoms with Gasteiger partial charge in [-0.3, -0.25) is 4.79 Å². The monoisotopic (exact) mass is 377 g/mol. The minimum Gasteiger partial charge on any atom is -0.379 e. The number of amides is 1. The largest absolute Gasteiger partial charge is 0.379 e. The molecule has 0 aliphatic carbocycles. The molecule has 2 fully saturated rings. The molecule has 0 bridgehead atoms. The van der Waals surface area contributed by atoms with Crippen LogP contribution in [0.4, 0.5) is 5.82 Å². The Morgan fingerprint density at radius 3 is 2.36 bits per heavy atom. The third-order valence-corrected chi connectivity index (χ3v) is 5.57. The zero-order chi connectivity index (χ0) is 19.6. The SMILES string of the molecule is CC1(c2ccc(CC(=O)N3CCN(c4ccc(C#N)nn4)CC3)cc2)COC1. The van der Waals surface area contributed by atoms with Crippen LogP contribution < -0.4 is 4.90 Å². The van der Waals surface area contributed by atoms with Crippen LogP contribution in [0, 0.1) is 11.3 Å². The number of piperazine rings is 1. The van der Waals surface area contributed by atoms with Crippen LogP contribution in [0.5, 0.6) is 0 Å². The van der Waals surface area contributed by atoms with Crippen molar-refractivity contribution in [2.24, 2.45) is 0 Å². The first-order chi connectivity index (χ1) is 13.6. The Kier molecular flexibility index (Phi) is 4.97. The summed E-state index contributed by atoms with van der Waals surface area (Å²) in [6.45, 7) is 6.47. The van der Waals surface area contributed by atoms with Gasteiger partial charge in [0.15, 0.2) is 11.5 Å². The summed E-state index contributed by atoms with van der Waals surface area (Å²) in [7, 11) is 0. The third kappa shape index (κ3) is 3.69. The fourth-order valence-corrected chi connectivity index (χ4v) is 3.62. The van der Waals surface area contributed by atoms with Gasteiger partial charge < -0.3 is 14.5 Å². The predicted molar refractivity (Wildman–Crippen MR) is 104 cm³/mol. The molecule has 2 aliphatic heterocycles. The first-order valence-electron chi connectivity index (χ1n) is 9.51. The molecule has 2 aromatic rings. The summed E-state index contributed by atoms with van der Waals surface area (Å²) < 4.78 is 5.33. The molecule has 28 heavy (non-hydrogen) atoms. The van der Waals surface area contributed by atoms with Crippen molar-refractivity contribution in [1.29, 1.82) is 5.26 Å². The van der Waals surface area contributed by atoms with E-state index >= 15 is 0 Å². The lowest BCUT2D eigenvalue weighted by molar-refractivity contribution is -0.130. The Morgan fingerprint density at radius 1 is 1.11 bits per heavy atom. The summed E-state index contributed by atoms with van der Waals surface area (Å²) in [5.41, 5.74) is 2.74. The van der Waals surface area contributed by atoms with Gasteiger partial charge in [-0.05, 0) is 23.3 Å². The van der Waals surface area contributed by atoms with Crippen LogP contribution >= 0.6 is 0 Å². The number of rotatable bonds is 4. The van der Waals surface area contributed by atoms with Gasteiger partial charge in [0.05, 0.1) is 19.6 Å². The summed E-state index contributed by atoms with van der Waals surface area (Å²) in [6.07, 6.45) is 0.421. The summed E-state index contributed by atoms with van der Waals surface area (Å²) in [6, 6.07) is 13.8. The molecule has 0 saturated carbocycles. The van der Waals surface area contributed by atoms with E-state index in [0.717, 1.165) is 24.6 Å². The van der Waals surface area contributed by atoms with Gasteiger partial charge in [0.1, 0.15) is 6.07 Å². The molecule has 7 heteroatoms. The molecule has 144 valence electrons. The molecule has 0 atom stereocenters. The second kappa shape index (κ2) is 7.56. The lowest BCUT2D eigenvalue weighted by Crippen LogP contribution is -2.49. The molecule has 1 aromatic heterocycles. The minimum absolute atomic E-state index is 0.118. The lowest BCUT2D eigenvalue weighted by Gasteiger charge is -2.38. The van der Waals surface area contributed by atoms with Gasteiger partial charge in [-0.15, -0.1) is 10.2 Å². The van der Waals surface area contributed by atoms with E-state index in [-0.39, 0.29) is 11.3 Å². The van der Waals surface area contributed by atoms with E-state index in [2.05, 4.69) is 46.3 Å². The van der Waals surface area contributed by atoms with Crippen LogP contribution in [-0.4, -0.2) is 60.4 Å². The average molecular weight is 377 g/mol. The number of nitriles is 1.